The molecular weight excluding hydrogens is 1010 g/mol. The lowest BCUT2D eigenvalue weighted by atomic mass is 9.99. The molecule has 1 heterocycles. The van der Waals surface area contributed by atoms with Crippen LogP contribution in [-0.4, -0.2) is 99.6 Å². The summed E-state index contributed by atoms with van der Waals surface area (Å²) in [4.78, 5) is 26.6. The summed E-state index contributed by atoms with van der Waals surface area (Å²) in [5, 5.41) is 57.2. The third-order valence-electron chi connectivity index (χ3n) is 15.9. The van der Waals surface area contributed by atoms with Crippen LogP contribution in [0.1, 0.15) is 310 Å². The van der Waals surface area contributed by atoms with Gasteiger partial charge in [-0.1, -0.05) is 293 Å². The summed E-state index contributed by atoms with van der Waals surface area (Å²) in [5.74, 6) is -1.20. The van der Waals surface area contributed by atoms with E-state index in [2.05, 4.69) is 74.7 Å². The van der Waals surface area contributed by atoms with Crippen molar-refractivity contribution in [1.82, 2.24) is 5.32 Å². The number of nitrogens with one attached hydrogen (secondary N) is 1. The Labute approximate surface area is 497 Å². The summed E-state index contributed by atoms with van der Waals surface area (Å²) in [6.45, 7) is 5.79. The fourth-order valence-corrected chi connectivity index (χ4v) is 10.5. The average Bonchev–Trinajstić information content (AvgIpc) is 3.53. The highest BCUT2D eigenvalue weighted by Gasteiger charge is 2.47. The van der Waals surface area contributed by atoms with E-state index in [1.54, 1.807) is 6.08 Å². The molecule has 1 fully saturated rings. The Hall–Kier alpha value is -2.64. The quantitative estimate of drug-likeness (QED) is 0.0195. The molecule has 1 aliphatic heterocycles. The monoisotopic (exact) mass is 1140 g/mol. The van der Waals surface area contributed by atoms with Crippen molar-refractivity contribution in [2.75, 3.05) is 13.2 Å². The fraction of sp³-hybridized carbons (Fsp3) is 0.829. The second-order valence-electron chi connectivity index (χ2n) is 23.6. The molecule has 0 bridgehead atoms. The Bertz CT molecular complexity index is 1550. The van der Waals surface area contributed by atoms with Crippen LogP contribution < -0.4 is 5.32 Å². The predicted molar refractivity (Wildman–Crippen MR) is 338 cm³/mol. The third kappa shape index (κ3) is 45.4. The molecule has 1 saturated heterocycles. The second kappa shape index (κ2) is 57.8. The van der Waals surface area contributed by atoms with Gasteiger partial charge in [-0.25, -0.2) is 0 Å². The third-order valence-corrected chi connectivity index (χ3v) is 15.9. The molecule has 11 heteroatoms. The van der Waals surface area contributed by atoms with E-state index in [1.165, 1.54) is 161 Å². The van der Waals surface area contributed by atoms with Crippen molar-refractivity contribution in [3.8, 4) is 0 Å². The van der Waals surface area contributed by atoms with Gasteiger partial charge in [0.1, 0.15) is 24.4 Å². The highest BCUT2D eigenvalue weighted by Crippen LogP contribution is 2.26. The number of rotatable bonds is 58. The standard InChI is InChI=1S/C70H127NO10/c1-4-7-10-13-16-19-22-25-27-29-30-31-32-33-34-35-37-40-43-46-49-52-55-58-65(75)81-68-67(77)66(76)64(59-72)80-70(68)79-60-61(62(73)56-53-50-47-44-41-38-24-21-18-15-12-9-6-3)71-69(78)63(74)57-54-51-48-45-42-39-36-28-26-23-20-17-14-11-8-5-2/h16,19,25,27,30-31,33-34,53,56,61-64,66-68,70,72-74,76-77H,4-15,17-18,20-24,26,28-29,32,35-52,54-55,57-60H2,1-3H3,(H,71,78)/b19-16-,27-25-,31-30-,34-33-,56-53+. The number of amides is 1. The Morgan fingerprint density at radius 2 is 0.852 bits per heavy atom. The Morgan fingerprint density at radius 1 is 0.481 bits per heavy atom. The van der Waals surface area contributed by atoms with Gasteiger partial charge in [0.2, 0.25) is 5.91 Å². The van der Waals surface area contributed by atoms with Gasteiger partial charge in [-0.15, -0.1) is 0 Å². The highest BCUT2D eigenvalue weighted by molar-refractivity contribution is 5.80. The lowest BCUT2D eigenvalue weighted by molar-refractivity contribution is -0.305. The van der Waals surface area contributed by atoms with Gasteiger partial charge in [-0.05, 0) is 70.6 Å². The van der Waals surface area contributed by atoms with E-state index in [0.29, 0.717) is 19.3 Å². The van der Waals surface area contributed by atoms with E-state index >= 15 is 0 Å². The minimum absolute atomic E-state index is 0.111. The van der Waals surface area contributed by atoms with Crippen molar-refractivity contribution in [3.05, 3.63) is 60.8 Å². The summed E-state index contributed by atoms with van der Waals surface area (Å²) in [6.07, 6.45) is 62.5. The number of allylic oxidation sites excluding steroid dienone is 9. The van der Waals surface area contributed by atoms with Crippen LogP contribution in [0, 0.1) is 0 Å². The zero-order chi connectivity index (χ0) is 58.9. The summed E-state index contributed by atoms with van der Waals surface area (Å²) in [5.41, 5.74) is 0. The average molecular weight is 1140 g/mol. The molecule has 0 aromatic heterocycles. The van der Waals surface area contributed by atoms with Gasteiger partial charge in [-0.2, -0.15) is 0 Å². The van der Waals surface area contributed by atoms with E-state index in [0.717, 1.165) is 103 Å². The predicted octanol–water partition coefficient (Wildman–Crippen LogP) is 17.0. The number of ether oxygens (including phenoxy) is 3. The van der Waals surface area contributed by atoms with Gasteiger partial charge in [0.25, 0.3) is 0 Å². The Balaban J connectivity index is 2.63. The minimum Gasteiger partial charge on any atom is -0.454 e. The zero-order valence-corrected chi connectivity index (χ0v) is 52.4. The normalized spacial score (nSPS) is 19.0. The number of unbranched alkanes of at least 4 members (excludes halogenated alkanes) is 36. The van der Waals surface area contributed by atoms with Crippen LogP contribution in [0.2, 0.25) is 0 Å². The number of carbonyl (C=O) groups is 2. The summed E-state index contributed by atoms with van der Waals surface area (Å²) >= 11 is 0. The van der Waals surface area contributed by atoms with Crippen molar-refractivity contribution in [2.45, 2.75) is 359 Å². The number of aliphatic hydroxyl groups excluding tert-OH is 5. The van der Waals surface area contributed by atoms with Crippen molar-refractivity contribution in [2.24, 2.45) is 0 Å². The summed E-state index contributed by atoms with van der Waals surface area (Å²) < 4.78 is 17.7. The number of hydrogen-bond donors (Lipinski definition) is 6. The highest BCUT2D eigenvalue weighted by atomic mass is 16.7. The SMILES string of the molecule is CCCCC/C=C\C/C=C\C/C=C\C/C=C\CCCCCCCCCC(=O)OC1C(OCC(NC(=O)C(O)CCCCCCCCCCCCCCCCCC)C(O)/C=C/CCCCCCCCCCCCC)OC(CO)C(O)C1O. The van der Waals surface area contributed by atoms with Crippen LogP contribution in [0.15, 0.2) is 60.8 Å². The molecule has 1 rings (SSSR count). The molecule has 6 N–H and O–H groups in total. The first kappa shape index (κ1) is 76.4. The van der Waals surface area contributed by atoms with Crippen molar-refractivity contribution in [3.63, 3.8) is 0 Å². The van der Waals surface area contributed by atoms with Crippen molar-refractivity contribution >= 4 is 11.9 Å². The van der Waals surface area contributed by atoms with E-state index in [9.17, 15) is 35.1 Å². The number of hydrogen-bond acceptors (Lipinski definition) is 10. The molecule has 1 amide bonds. The van der Waals surface area contributed by atoms with E-state index in [-0.39, 0.29) is 13.0 Å². The maximum absolute atomic E-state index is 13.5. The zero-order valence-electron chi connectivity index (χ0n) is 52.4. The molecule has 81 heavy (non-hydrogen) atoms. The smallest absolute Gasteiger partial charge is 0.306 e. The maximum Gasteiger partial charge on any atom is 0.306 e. The molecule has 0 aliphatic carbocycles. The van der Waals surface area contributed by atoms with E-state index < -0.39 is 67.4 Å². The molecule has 472 valence electrons. The maximum atomic E-state index is 13.5. The van der Waals surface area contributed by atoms with Crippen molar-refractivity contribution < 1.29 is 49.3 Å². The number of esters is 1. The van der Waals surface area contributed by atoms with Crippen LogP contribution >= 0.6 is 0 Å². The minimum atomic E-state index is -1.62. The number of aliphatic hydroxyl groups is 5. The van der Waals surface area contributed by atoms with Gasteiger partial charge in [-0.3, -0.25) is 9.59 Å². The van der Waals surface area contributed by atoms with Crippen LogP contribution in [0.25, 0.3) is 0 Å². The molecule has 0 radical (unpaired) electrons. The molecule has 0 saturated carbocycles. The fourth-order valence-electron chi connectivity index (χ4n) is 10.5. The molecule has 11 nitrogen and oxygen atoms in total. The lowest BCUT2D eigenvalue weighted by Gasteiger charge is -2.41. The van der Waals surface area contributed by atoms with Gasteiger partial charge in [0.15, 0.2) is 12.4 Å². The first-order chi connectivity index (χ1) is 39.7. The summed E-state index contributed by atoms with van der Waals surface area (Å²) in [6, 6.07) is -1.03. The largest absolute Gasteiger partial charge is 0.454 e. The van der Waals surface area contributed by atoms with Crippen LogP contribution in [0.4, 0.5) is 0 Å². The Morgan fingerprint density at radius 3 is 1.30 bits per heavy atom. The topological polar surface area (TPSA) is 175 Å². The first-order valence-corrected chi connectivity index (χ1v) is 34.1. The van der Waals surface area contributed by atoms with E-state index in [4.69, 9.17) is 14.2 Å². The Kier molecular flexibility index (Phi) is 54.5. The molecular formula is C70H127NO10. The second-order valence-corrected chi connectivity index (χ2v) is 23.6. The molecule has 0 aromatic rings. The molecule has 0 spiro atoms. The van der Waals surface area contributed by atoms with Crippen LogP contribution in [0.5, 0.6) is 0 Å². The van der Waals surface area contributed by atoms with Gasteiger partial charge in [0.05, 0.1) is 25.4 Å². The molecule has 8 atom stereocenters. The lowest BCUT2D eigenvalue weighted by Crippen LogP contribution is -2.61. The first-order valence-electron chi connectivity index (χ1n) is 34.1. The molecule has 0 aromatic carbocycles. The number of carbonyl (C=O) groups excluding carboxylic acids is 2. The molecule has 8 unspecified atom stereocenters. The van der Waals surface area contributed by atoms with Crippen LogP contribution in [0.3, 0.4) is 0 Å². The molecule has 1 aliphatic rings. The van der Waals surface area contributed by atoms with E-state index in [1.807, 2.05) is 6.08 Å². The van der Waals surface area contributed by atoms with Gasteiger partial charge < -0.3 is 45.1 Å². The summed E-state index contributed by atoms with van der Waals surface area (Å²) in [7, 11) is 0. The van der Waals surface area contributed by atoms with Gasteiger partial charge in [0, 0.05) is 6.42 Å². The van der Waals surface area contributed by atoms with Crippen molar-refractivity contribution in [1.29, 1.82) is 0 Å². The van der Waals surface area contributed by atoms with Crippen LogP contribution in [-0.2, 0) is 23.8 Å². The van der Waals surface area contributed by atoms with Gasteiger partial charge >= 0.3 is 5.97 Å².